The van der Waals surface area contributed by atoms with Crippen LogP contribution in [0.3, 0.4) is 0 Å². The number of phosphoric acid groups is 2. The average molecular weight is 1390 g/mol. The summed E-state index contributed by atoms with van der Waals surface area (Å²) in [5, 5.41) is 10.6. The second-order valence-electron chi connectivity index (χ2n) is 24.8. The lowest BCUT2D eigenvalue weighted by atomic mass is 10.0. The Morgan fingerprint density at radius 3 is 0.875 bits per heavy atom. The van der Waals surface area contributed by atoms with E-state index in [1.807, 2.05) is 0 Å². The van der Waals surface area contributed by atoms with Gasteiger partial charge >= 0.3 is 39.5 Å². The Morgan fingerprint density at radius 1 is 0.302 bits per heavy atom. The first-order valence-corrected chi connectivity index (χ1v) is 40.5. The SMILES string of the molecule is CC/C=C\C/C=C\C/C=C\C/C=C\CCCCCCC(=O)OCC(COP(=O)(O)OCC(O)COP(=O)(O)OCC(COC(=O)CCCCCCC/C=C\C/C=C\C/C=C\CC)OC(=O)CCCCCCC/C=C\CCCC)OC(=O)CCCCCCCCCCCCCCC. The number of aliphatic hydroxyl groups excluding tert-OH is 1. The third kappa shape index (κ3) is 68.5. The minimum absolute atomic E-state index is 0.0805. The van der Waals surface area contributed by atoms with Gasteiger partial charge in [0.1, 0.15) is 19.3 Å². The van der Waals surface area contributed by atoms with Gasteiger partial charge in [-0.25, -0.2) is 9.13 Å². The van der Waals surface area contributed by atoms with Crippen LogP contribution in [0.5, 0.6) is 0 Å². The van der Waals surface area contributed by atoms with E-state index >= 15 is 0 Å². The van der Waals surface area contributed by atoms with Crippen molar-refractivity contribution >= 4 is 39.5 Å². The number of hydrogen-bond donors (Lipinski definition) is 3. The van der Waals surface area contributed by atoms with Crippen molar-refractivity contribution in [2.45, 2.75) is 329 Å². The predicted octanol–water partition coefficient (Wildman–Crippen LogP) is 21.2. The monoisotopic (exact) mass is 1390 g/mol. The van der Waals surface area contributed by atoms with Crippen molar-refractivity contribution in [1.82, 2.24) is 0 Å². The van der Waals surface area contributed by atoms with E-state index in [1.54, 1.807) is 0 Å². The Balaban J connectivity index is 5.34. The highest BCUT2D eigenvalue weighted by molar-refractivity contribution is 7.47. The molecule has 0 spiro atoms. The number of rotatable bonds is 70. The molecule has 0 saturated carbocycles. The van der Waals surface area contributed by atoms with E-state index in [-0.39, 0.29) is 25.7 Å². The quantitative estimate of drug-likeness (QED) is 0.0169. The molecule has 0 amide bonds. The Hall–Kier alpha value is -4.02. The highest BCUT2D eigenvalue weighted by Crippen LogP contribution is 2.45. The maximum absolute atomic E-state index is 13.1. The molecule has 17 nitrogen and oxygen atoms in total. The van der Waals surface area contributed by atoms with Gasteiger partial charge in [0, 0.05) is 25.7 Å². The minimum Gasteiger partial charge on any atom is -0.462 e. The maximum Gasteiger partial charge on any atom is 0.472 e. The van der Waals surface area contributed by atoms with Crippen LogP contribution in [0.1, 0.15) is 310 Å². The van der Waals surface area contributed by atoms with E-state index in [2.05, 4.69) is 125 Å². The fraction of sp³-hybridized carbons (Fsp3) is 0.740. The summed E-state index contributed by atoms with van der Waals surface area (Å²) in [6.07, 6.45) is 71.2. The van der Waals surface area contributed by atoms with Crippen molar-refractivity contribution in [3.8, 4) is 0 Å². The van der Waals surface area contributed by atoms with Gasteiger partial charge in [0.05, 0.1) is 26.4 Å². The highest BCUT2D eigenvalue weighted by atomic mass is 31.2. The normalized spacial score (nSPS) is 14.5. The Labute approximate surface area is 582 Å². The lowest BCUT2D eigenvalue weighted by Gasteiger charge is -2.21. The Kier molecular flexibility index (Phi) is 66.6. The van der Waals surface area contributed by atoms with Crippen molar-refractivity contribution in [3.63, 3.8) is 0 Å². The number of carbonyl (C=O) groups excluding carboxylic acids is 4. The molecule has 0 aromatic carbocycles. The first-order chi connectivity index (χ1) is 46.7. The first-order valence-electron chi connectivity index (χ1n) is 37.5. The third-order valence-electron chi connectivity index (χ3n) is 15.5. The summed E-state index contributed by atoms with van der Waals surface area (Å²) in [5.74, 6) is -2.22. The van der Waals surface area contributed by atoms with Gasteiger partial charge in [0.15, 0.2) is 12.2 Å². The Morgan fingerprint density at radius 2 is 0.552 bits per heavy atom. The number of hydrogen-bond acceptors (Lipinski definition) is 15. The number of esters is 4. The van der Waals surface area contributed by atoms with Crippen LogP contribution in [-0.2, 0) is 65.4 Å². The average Bonchev–Trinajstić information content (AvgIpc) is 1.17. The zero-order valence-electron chi connectivity index (χ0n) is 60.3. The largest absolute Gasteiger partial charge is 0.472 e. The Bertz CT molecular complexity index is 2200. The molecule has 0 heterocycles. The zero-order valence-corrected chi connectivity index (χ0v) is 62.1. The van der Waals surface area contributed by atoms with E-state index in [4.69, 9.17) is 37.0 Å². The van der Waals surface area contributed by atoms with Crippen molar-refractivity contribution in [2.75, 3.05) is 39.6 Å². The molecule has 5 atom stereocenters. The van der Waals surface area contributed by atoms with Gasteiger partial charge in [0.25, 0.3) is 0 Å². The molecule has 0 aromatic rings. The molecule has 96 heavy (non-hydrogen) atoms. The molecule has 0 saturated heterocycles. The predicted molar refractivity (Wildman–Crippen MR) is 390 cm³/mol. The van der Waals surface area contributed by atoms with Crippen LogP contribution >= 0.6 is 15.6 Å². The van der Waals surface area contributed by atoms with E-state index in [1.165, 1.54) is 64.2 Å². The summed E-state index contributed by atoms with van der Waals surface area (Å²) in [7, 11) is -9.95. The molecule has 0 fully saturated rings. The van der Waals surface area contributed by atoms with Gasteiger partial charge in [-0.3, -0.25) is 37.3 Å². The number of allylic oxidation sites excluding steroid dienone is 16. The summed E-state index contributed by atoms with van der Waals surface area (Å²) in [5.41, 5.74) is 0. The number of carbonyl (C=O) groups is 4. The summed E-state index contributed by atoms with van der Waals surface area (Å²) < 4.78 is 68.4. The molecular weight excluding hydrogens is 1260 g/mol. The van der Waals surface area contributed by atoms with Crippen molar-refractivity contribution in [2.24, 2.45) is 0 Å². The molecule has 3 N–H and O–H groups in total. The number of ether oxygens (including phenoxy) is 4. The molecule has 0 rings (SSSR count). The van der Waals surface area contributed by atoms with Crippen LogP contribution in [0.4, 0.5) is 0 Å². The van der Waals surface area contributed by atoms with Gasteiger partial charge in [-0.1, -0.05) is 266 Å². The standard InChI is InChI=1S/C77H134O17P2/c1-5-9-13-17-21-25-29-32-34-35-37-40-43-46-50-54-58-62-75(80)88-68-73(94-77(82)64-60-56-52-48-44-38-31-27-23-19-15-11-7-3)70-92-96(85,86)90-66-71(78)65-89-95(83,84)91-69-72(93-76(81)63-59-55-51-47-41-28-24-20-16-12-8-4)67-87-74(79)61-57-53-49-45-42-39-36-33-30-26-22-18-14-10-6-2/h9-10,13-14,20-22,24-26,32-34,36-37,40,71-73,78H,5-8,11-12,15-19,23,27-31,35,38-39,41-70H2,1-4H3,(H,83,84)(H,85,86)/b13-9-,14-10-,24-20-,25-21-,26-22-,34-32-,36-33-,40-37-. The lowest BCUT2D eigenvalue weighted by Crippen LogP contribution is -2.30. The van der Waals surface area contributed by atoms with Gasteiger partial charge in [-0.05, 0) is 116 Å². The van der Waals surface area contributed by atoms with Crippen molar-refractivity contribution in [3.05, 3.63) is 97.2 Å². The zero-order chi connectivity index (χ0) is 70.4. The number of aliphatic hydroxyl groups is 1. The third-order valence-corrected chi connectivity index (χ3v) is 17.4. The van der Waals surface area contributed by atoms with E-state index in [9.17, 15) is 43.2 Å². The van der Waals surface area contributed by atoms with Crippen LogP contribution < -0.4 is 0 Å². The van der Waals surface area contributed by atoms with E-state index in [0.29, 0.717) is 25.7 Å². The molecule has 0 bridgehead atoms. The highest BCUT2D eigenvalue weighted by Gasteiger charge is 2.30. The molecule has 0 aliphatic carbocycles. The van der Waals surface area contributed by atoms with E-state index in [0.717, 1.165) is 167 Å². The van der Waals surface area contributed by atoms with Gasteiger partial charge in [0.2, 0.25) is 0 Å². The van der Waals surface area contributed by atoms with Crippen LogP contribution in [0.2, 0.25) is 0 Å². The van der Waals surface area contributed by atoms with Crippen molar-refractivity contribution in [1.29, 1.82) is 0 Å². The van der Waals surface area contributed by atoms with Gasteiger partial charge < -0.3 is 33.8 Å². The smallest absolute Gasteiger partial charge is 0.462 e. The molecule has 0 radical (unpaired) electrons. The minimum atomic E-state index is -4.98. The second-order valence-corrected chi connectivity index (χ2v) is 27.7. The van der Waals surface area contributed by atoms with Crippen molar-refractivity contribution < 1.29 is 80.2 Å². The molecule has 0 aliphatic rings. The summed E-state index contributed by atoms with van der Waals surface area (Å²) in [4.78, 5) is 72.7. The van der Waals surface area contributed by atoms with Crippen LogP contribution in [0, 0.1) is 0 Å². The van der Waals surface area contributed by atoms with Gasteiger partial charge in [-0.2, -0.15) is 0 Å². The summed E-state index contributed by atoms with van der Waals surface area (Å²) in [6, 6.07) is 0. The van der Waals surface area contributed by atoms with Crippen LogP contribution in [0.25, 0.3) is 0 Å². The fourth-order valence-corrected chi connectivity index (χ4v) is 11.4. The summed E-state index contributed by atoms with van der Waals surface area (Å²) in [6.45, 7) is 4.57. The van der Waals surface area contributed by atoms with E-state index < -0.39 is 97.5 Å². The molecule has 0 aliphatic heterocycles. The van der Waals surface area contributed by atoms with Gasteiger partial charge in [-0.15, -0.1) is 0 Å². The van der Waals surface area contributed by atoms with Crippen LogP contribution in [-0.4, -0.2) is 96.7 Å². The molecule has 554 valence electrons. The maximum atomic E-state index is 13.1. The number of unbranched alkanes of at least 4 members (excludes halogenated alkanes) is 28. The molecular formula is C77H134O17P2. The molecule has 5 unspecified atom stereocenters. The topological polar surface area (TPSA) is 237 Å². The first kappa shape index (κ1) is 92.0. The molecule has 19 heteroatoms. The molecule has 0 aromatic heterocycles. The second kappa shape index (κ2) is 69.5. The van der Waals surface area contributed by atoms with Crippen LogP contribution in [0.15, 0.2) is 97.2 Å². The fourth-order valence-electron chi connectivity index (χ4n) is 9.85. The number of phosphoric ester groups is 2. The summed E-state index contributed by atoms with van der Waals surface area (Å²) >= 11 is 0. The lowest BCUT2D eigenvalue weighted by molar-refractivity contribution is -0.161.